The SMILES string of the molecule is O=C(O)C(=C(C(=O)O)C1CCOCC1)C1CCOCC1. The van der Waals surface area contributed by atoms with E-state index in [1.54, 1.807) is 0 Å². The van der Waals surface area contributed by atoms with Crippen molar-refractivity contribution in [1.82, 2.24) is 0 Å². The Balaban J connectivity index is 2.35. The van der Waals surface area contributed by atoms with E-state index in [4.69, 9.17) is 9.47 Å². The molecule has 0 aromatic rings. The molecule has 6 heteroatoms. The second-order valence-electron chi connectivity index (χ2n) is 5.21. The zero-order valence-corrected chi connectivity index (χ0v) is 11.3. The van der Waals surface area contributed by atoms with Gasteiger partial charge in [0.25, 0.3) is 0 Å². The number of ether oxygens (including phenoxy) is 2. The third-order valence-electron chi connectivity index (χ3n) is 4.01. The van der Waals surface area contributed by atoms with Gasteiger partial charge in [-0.25, -0.2) is 9.59 Å². The summed E-state index contributed by atoms with van der Waals surface area (Å²) in [4.78, 5) is 23.2. The predicted octanol–water partition coefficient (Wildman–Crippen LogP) is 1.31. The number of carbonyl (C=O) groups is 2. The Hall–Kier alpha value is -1.40. The molecule has 0 amide bonds. The highest BCUT2D eigenvalue weighted by molar-refractivity contribution is 5.99. The van der Waals surface area contributed by atoms with Gasteiger partial charge in [0.2, 0.25) is 0 Å². The highest BCUT2D eigenvalue weighted by Crippen LogP contribution is 2.33. The van der Waals surface area contributed by atoms with Crippen LogP contribution in [0.4, 0.5) is 0 Å². The van der Waals surface area contributed by atoms with Gasteiger partial charge in [-0.2, -0.15) is 0 Å². The predicted molar refractivity (Wildman–Crippen MR) is 69.4 cm³/mol. The van der Waals surface area contributed by atoms with Gasteiger partial charge in [-0.1, -0.05) is 0 Å². The van der Waals surface area contributed by atoms with Crippen LogP contribution in [0.5, 0.6) is 0 Å². The molecular weight excluding hydrogens is 264 g/mol. The van der Waals surface area contributed by atoms with Crippen molar-refractivity contribution < 1.29 is 29.3 Å². The number of carboxylic acids is 2. The molecule has 0 bridgehead atoms. The molecule has 6 nitrogen and oxygen atoms in total. The van der Waals surface area contributed by atoms with Gasteiger partial charge in [-0.15, -0.1) is 0 Å². The molecule has 0 aromatic heterocycles. The molecule has 2 aliphatic rings. The van der Waals surface area contributed by atoms with Crippen LogP contribution in [0.25, 0.3) is 0 Å². The molecule has 2 rings (SSSR count). The van der Waals surface area contributed by atoms with Crippen molar-refractivity contribution >= 4 is 11.9 Å². The van der Waals surface area contributed by atoms with E-state index in [-0.39, 0.29) is 23.0 Å². The Bertz CT molecular complexity index is 364. The quantitative estimate of drug-likeness (QED) is 0.756. The van der Waals surface area contributed by atoms with E-state index in [0.717, 1.165) is 0 Å². The van der Waals surface area contributed by atoms with Crippen LogP contribution < -0.4 is 0 Å². The van der Waals surface area contributed by atoms with Crippen LogP contribution in [0.3, 0.4) is 0 Å². The summed E-state index contributed by atoms with van der Waals surface area (Å²) in [5.41, 5.74) is 0.153. The number of hydrogen-bond donors (Lipinski definition) is 2. The second-order valence-corrected chi connectivity index (χ2v) is 5.21. The molecule has 2 aliphatic heterocycles. The van der Waals surface area contributed by atoms with Crippen molar-refractivity contribution in [2.75, 3.05) is 26.4 Å². The first-order valence-electron chi connectivity index (χ1n) is 6.97. The lowest BCUT2D eigenvalue weighted by Crippen LogP contribution is -2.29. The largest absolute Gasteiger partial charge is 0.478 e. The minimum absolute atomic E-state index is 0.0766. The maximum atomic E-state index is 11.6. The normalized spacial score (nSPS) is 23.2. The maximum Gasteiger partial charge on any atom is 0.332 e. The van der Waals surface area contributed by atoms with Crippen LogP contribution in [0.1, 0.15) is 25.7 Å². The van der Waals surface area contributed by atoms with Gasteiger partial charge in [0.1, 0.15) is 0 Å². The van der Waals surface area contributed by atoms with Gasteiger partial charge in [0.05, 0.1) is 11.1 Å². The highest BCUT2D eigenvalue weighted by Gasteiger charge is 2.34. The van der Waals surface area contributed by atoms with Gasteiger partial charge in [0, 0.05) is 26.4 Å². The minimum Gasteiger partial charge on any atom is -0.478 e. The molecule has 0 atom stereocenters. The first-order chi connectivity index (χ1) is 9.61. The van der Waals surface area contributed by atoms with Gasteiger partial charge in [-0.3, -0.25) is 0 Å². The fraction of sp³-hybridized carbons (Fsp3) is 0.714. The van der Waals surface area contributed by atoms with Crippen molar-refractivity contribution in [3.05, 3.63) is 11.1 Å². The molecule has 0 saturated carbocycles. The molecule has 20 heavy (non-hydrogen) atoms. The maximum absolute atomic E-state index is 11.6. The summed E-state index contributed by atoms with van der Waals surface area (Å²) in [6.07, 6.45) is 2.28. The van der Waals surface area contributed by atoms with Crippen LogP contribution in [0.2, 0.25) is 0 Å². The fourth-order valence-electron chi connectivity index (χ4n) is 2.99. The van der Waals surface area contributed by atoms with Crippen molar-refractivity contribution in [1.29, 1.82) is 0 Å². The summed E-state index contributed by atoms with van der Waals surface area (Å²) in [5.74, 6) is -2.67. The van der Waals surface area contributed by atoms with Gasteiger partial charge in [-0.05, 0) is 37.5 Å². The number of rotatable bonds is 4. The van der Waals surface area contributed by atoms with Gasteiger partial charge < -0.3 is 19.7 Å². The standard InChI is InChI=1S/C14H20O6/c15-13(16)11(9-1-5-19-6-2-9)12(14(17)18)10-3-7-20-8-4-10/h9-10H,1-8H2,(H,15,16)(H,17,18). The smallest absolute Gasteiger partial charge is 0.332 e. The van der Waals surface area contributed by atoms with Gasteiger partial charge in [0.15, 0.2) is 0 Å². The van der Waals surface area contributed by atoms with Crippen LogP contribution in [0.15, 0.2) is 11.1 Å². The summed E-state index contributed by atoms with van der Waals surface area (Å²) >= 11 is 0. The second kappa shape index (κ2) is 6.85. The monoisotopic (exact) mass is 284 g/mol. The lowest BCUT2D eigenvalue weighted by Gasteiger charge is -2.28. The first-order valence-corrected chi connectivity index (χ1v) is 6.97. The van der Waals surface area contributed by atoms with Gasteiger partial charge >= 0.3 is 11.9 Å². The van der Waals surface area contributed by atoms with Crippen molar-refractivity contribution in [2.45, 2.75) is 25.7 Å². The Kier molecular flexibility index (Phi) is 5.14. The summed E-state index contributed by atoms with van der Waals surface area (Å²) < 4.78 is 10.5. The molecule has 2 fully saturated rings. The van der Waals surface area contributed by atoms with Crippen LogP contribution >= 0.6 is 0 Å². The van der Waals surface area contributed by atoms with E-state index in [1.807, 2.05) is 0 Å². The van der Waals surface area contributed by atoms with E-state index >= 15 is 0 Å². The molecule has 0 aromatic carbocycles. The number of aliphatic carboxylic acids is 2. The zero-order chi connectivity index (χ0) is 14.5. The van der Waals surface area contributed by atoms with E-state index in [0.29, 0.717) is 52.1 Å². The summed E-state index contributed by atoms with van der Waals surface area (Å²) in [5, 5.41) is 19.0. The van der Waals surface area contributed by atoms with E-state index in [1.165, 1.54) is 0 Å². The first kappa shape index (κ1) is 15.0. The summed E-state index contributed by atoms with van der Waals surface area (Å²) in [6, 6.07) is 0. The van der Waals surface area contributed by atoms with Crippen LogP contribution in [-0.4, -0.2) is 48.6 Å². The van der Waals surface area contributed by atoms with Crippen molar-refractivity contribution in [3.63, 3.8) is 0 Å². The summed E-state index contributed by atoms with van der Waals surface area (Å²) in [6.45, 7) is 1.95. The van der Waals surface area contributed by atoms with E-state index < -0.39 is 11.9 Å². The molecule has 0 aliphatic carbocycles. The van der Waals surface area contributed by atoms with Crippen molar-refractivity contribution in [2.24, 2.45) is 11.8 Å². The average Bonchev–Trinajstić information content (AvgIpc) is 2.45. The molecular formula is C14H20O6. The Morgan fingerprint density at radius 2 is 1.00 bits per heavy atom. The average molecular weight is 284 g/mol. The molecule has 2 heterocycles. The van der Waals surface area contributed by atoms with E-state index in [9.17, 15) is 19.8 Å². The van der Waals surface area contributed by atoms with Crippen LogP contribution in [-0.2, 0) is 19.1 Å². The molecule has 0 unspecified atom stereocenters. The van der Waals surface area contributed by atoms with E-state index in [2.05, 4.69) is 0 Å². The number of hydrogen-bond acceptors (Lipinski definition) is 4. The third kappa shape index (κ3) is 3.37. The molecule has 0 spiro atoms. The molecule has 2 N–H and O–H groups in total. The lowest BCUT2D eigenvalue weighted by molar-refractivity contribution is -0.137. The van der Waals surface area contributed by atoms with Crippen LogP contribution in [0, 0.1) is 11.8 Å². The Morgan fingerprint density at radius 3 is 1.25 bits per heavy atom. The molecule has 2 saturated heterocycles. The third-order valence-corrected chi connectivity index (χ3v) is 4.01. The zero-order valence-electron chi connectivity index (χ0n) is 11.3. The minimum atomic E-state index is -1.11. The highest BCUT2D eigenvalue weighted by atomic mass is 16.5. The fourth-order valence-corrected chi connectivity index (χ4v) is 2.99. The number of carboxylic acid groups (broad SMARTS) is 2. The Morgan fingerprint density at radius 1 is 0.700 bits per heavy atom. The topological polar surface area (TPSA) is 93.1 Å². The Labute approximate surface area is 117 Å². The molecule has 112 valence electrons. The van der Waals surface area contributed by atoms with Crippen molar-refractivity contribution in [3.8, 4) is 0 Å². The molecule has 0 radical (unpaired) electrons. The summed E-state index contributed by atoms with van der Waals surface area (Å²) in [7, 11) is 0. The lowest BCUT2D eigenvalue weighted by atomic mass is 9.81.